The van der Waals surface area contributed by atoms with Crippen molar-refractivity contribution in [1.82, 2.24) is 4.90 Å². The summed E-state index contributed by atoms with van der Waals surface area (Å²) in [6, 6.07) is 6.98. The summed E-state index contributed by atoms with van der Waals surface area (Å²) in [5.74, 6) is 0.128. The second-order valence-corrected chi connectivity index (χ2v) is 4.96. The van der Waals surface area contributed by atoms with Crippen molar-refractivity contribution in [3.63, 3.8) is 0 Å². The van der Waals surface area contributed by atoms with Crippen molar-refractivity contribution in [2.75, 3.05) is 18.8 Å². The molecule has 1 atom stereocenters. The number of fused-ring (bicyclic) bond motifs is 1. The number of hydrogen-bond donors (Lipinski definition) is 2. The molecule has 3 N–H and O–H groups in total. The largest absolute Gasteiger partial charge is 0.451 e. The lowest BCUT2D eigenvalue weighted by Crippen LogP contribution is -2.42. The van der Waals surface area contributed by atoms with Gasteiger partial charge < -0.3 is 20.2 Å². The van der Waals surface area contributed by atoms with Gasteiger partial charge in [-0.3, -0.25) is 4.79 Å². The van der Waals surface area contributed by atoms with E-state index in [-0.39, 0.29) is 5.91 Å². The molecule has 0 radical (unpaired) electrons. The Kier molecular flexibility index (Phi) is 2.91. The Labute approximate surface area is 110 Å². The summed E-state index contributed by atoms with van der Waals surface area (Å²) < 4.78 is 5.54. The Hall–Kier alpha value is -2.01. The van der Waals surface area contributed by atoms with E-state index in [1.54, 1.807) is 29.2 Å². The number of likely N-dealkylation sites (tertiary alicyclic amines) is 1. The lowest BCUT2D eigenvalue weighted by Gasteiger charge is -2.29. The van der Waals surface area contributed by atoms with Gasteiger partial charge in [-0.05, 0) is 37.1 Å². The Morgan fingerprint density at radius 2 is 2.26 bits per heavy atom. The summed E-state index contributed by atoms with van der Waals surface area (Å²) in [4.78, 5) is 13.9. The summed E-state index contributed by atoms with van der Waals surface area (Å²) in [5, 5.41) is 10.4. The number of β-amino-alcohol motifs (C(OH)–C–C–N with tert-alkyl or cyclic N) is 1. The van der Waals surface area contributed by atoms with Crippen LogP contribution in [0.15, 0.2) is 28.7 Å². The topological polar surface area (TPSA) is 79.7 Å². The van der Waals surface area contributed by atoms with E-state index in [1.807, 2.05) is 0 Å². The van der Waals surface area contributed by atoms with Gasteiger partial charge in [-0.1, -0.05) is 0 Å². The number of rotatable bonds is 1. The molecule has 2 heterocycles. The van der Waals surface area contributed by atoms with Gasteiger partial charge in [0.1, 0.15) is 5.58 Å². The van der Waals surface area contributed by atoms with Gasteiger partial charge >= 0.3 is 0 Å². The number of nitrogens with two attached hydrogens (primary N) is 1. The van der Waals surface area contributed by atoms with Crippen molar-refractivity contribution < 1.29 is 14.3 Å². The fourth-order valence-corrected chi connectivity index (χ4v) is 2.46. The number of hydrogen-bond acceptors (Lipinski definition) is 4. The number of nitrogen functional groups attached to an aromatic ring is 1. The number of amides is 1. The number of carbonyl (C=O) groups is 1. The fourth-order valence-electron chi connectivity index (χ4n) is 2.46. The Balaban J connectivity index is 1.88. The van der Waals surface area contributed by atoms with Crippen LogP contribution in [0.2, 0.25) is 0 Å². The van der Waals surface area contributed by atoms with Gasteiger partial charge in [0.2, 0.25) is 0 Å². The standard InChI is InChI=1S/C14H16N2O3/c15-10-3-4-12-9(6-10)7-13(19-12)14(18)16-5-1-2-11(17)8-16/h3-4,6-7,11,17H,1-2,5,8,15H2/t11-/m0/s1. The second kappa shape index (κ2) is 4.59. The average molecular weight is 260 g/mol. The predicted octanol–water partition coefficient (Wildman–Crippen LogP) is 1.61. The maximum absolute atomic E-state index is 12.3. The van der Waals surface area contributed by atoms with Crippen molar-refractivity contribution in [3.05, 3.63) is 30.0 Å². The van der Waals surface area contributed by atoms with Gasteiger partial charge in [0.15, 0.2) is 5.76 Å². The molecule has 1 aliphatic heterocycles. The molecule has 100 valence electrons. The van der Waals surface area contributed by atoms with Gasteiger partial charge in [-0.2, -0.15) is 0 Å². The highest BCUT2D eigenvalue weighted by Crippen LogP contribution is 2.23. The molecule has 0 spiro atoms. The molecule has 19 heavy (non-hydrogen) atoms. The summed E-state index contributed by atoms with van der Waals surface area (Å²) in [5.41, 5.74) is 6.99. The van der Waals surface area contributed by atoms with Gasteiger partial charge in [0.25, 0.3) is 5.91 Å². The molecule has 1 fully saturated rings. The molecular formula is C14H16N2O3. The van der Waals surface area contributed by atoms with Gasteiger partial charge in [-0.15, -0.1) is 0 Å². The van der Waals surface area contributed by atoms with Crippen LogP contribution in [0.3, 0.4) is 0 Å². The van der Waals surface area contributed by atoms with E-state index in [0.29, 0.717) is 30.1 Å². The Morgan fingerprint density at radius 1 is 1.42 bits per heavy atom. The Bertz CT molecular complexity index is 620. The van der Waals surface area contributed by atoms with Crippen LogP contribution in [0.4, 0.5) is 5.69 Å². The van der Waals surface area contributed by atoms with Crippen molar-refractivity contribution in [3.8, 4) is 0 Å². The van der Waals surface area contributed by atoms with Crippen molar-refractivity contribution in [2.45, 2.75) is 18.9 Å². The number of nitrogens with zero attached hydrogens (tertiary/aromatic N) is 1. The lowest BCUT2D eigenvalue weighted by atomic mass is 10.1. The number of benzene rings is 1. The molecule has 1 aromatic heterocycles. The fraction of sp³-hybridized carbons (Fsp3) is 0.357. The molecule has 0 saturated carbocycles. The SMILES string of the molecule is Nc1ccc2oc(C(=O)N3CCC[C@H](O)C3)cc2c1. The molecule has 3 rings (SSSR count). The van der Waals surface area contributed by atoms with Crippen LogP contribution in [0, 0.1) is 0 Å². The van der Waals surface area contributed by atoms with Gasteiger partial charge in [-0.25, -0.2) is 0 Å². The van der Waals surface area contributed by atoms with Crippen LogP contribution in [0.25, 0.3) is 11.0 Å². The van der Waals surface area contributed by atoms with E-state index in [9.17, 15) is 9.90 Å². The maximum atomic E-state index is 12.3. The minimum absolute atomic E-state index is 0.173. The van der Waals surface area contributed by atoms with Crippen LogP contribution in [-0.2, 0) is 0 Å². The van der Waals surface area contributed by atoms with Crippen LogP contribution in [0.5, 0.6) is 0 Å². The van der Waals surface area contributed by atoms with Crippen LogP contribution in [-0.4, -0.2) is 35.1 Å². The lowest BCUT2D eigenvalue weighted by molar-refractivity contribution is 0.0450. The number of furan rings is 1. The van der Waals surface area contributed by atoms with Crippen molar-refractivity contribution >= 4 is 22.6 Å². The first kappa shape index (κ1) is 12.0. The third kappa shape index (κ3) is 2.29. The molecule has 1 aromatic carbocycles. The minimum Gasteiger partial charge on any atom is -0.451 e. The summed E-state index contributed by atoms with van der Waals surface area (Å²) in [6.45, 7) is 1.03. The highest BCUT2D eigenvalue weighted by molar-refractivity contribution is 5.96. The van der Waals surface area contributed by atoms with Crippen LogP contribution in [0.1, 0.15) is 23.4 Å². The zero-order chi connectivity index (χ0) is 13.4. The number of anilines is 1. The second-order valence-electron chi connectivity index (χ2n) is 4.96. The van der Waals surface area contributed by atoms with Crippen molar-refractivity contribution in [2.24, 2.45) is 0 Å². The van der Waals surface area contributed by atoms with E-state index in [1.165, 1.54) is 0 Å². The smallest absolute Gasteiger partial charge is 0.289 e. The first-order valence-electron chi connectivity index (χ1n) is 6.40. The highest BCUT2D eigenvalue weighted by Gasteiger charge is 2.25. The molecule has 1 amide bonds. The Morgan fingerprint density at radius 3 is 3.05 bits per heavy atom. The summed E-state index contributed by atoms with van der Waals surface area (Å²) in [7, 11) is 0. The third-order valence-corrected chi connectivity index (χ3v) is 3.43. The first-order valence-corrected chi connectivity index (χ1v) is 6.40. The molecule has 0 bridgehead atoms. The summed E-state index contributed by atoms with van der Waals surface area (Å²) in [6.07, 6.45) is 1.14. The normalized spacial score (nSPS) is 19.8. The van der Waals surface area contributed by atoms with Crippen molar-refractivity contribution in [1.29, 1.82) is 0 Å². The zero-order valence-corrected chi connectivity index (χ0v) is 10.5. The molecule has 0 unspecified atom stereocenters. The molecule has 5 heteroatoms. The minimum atomic E-state index is -0.433. The monoisotopic (exact) mass is 260 g/mol. The molecule has 5 nitrogen and oxygen atoms in total. The zero-order valence-electron chi connectivity index (χ0n) is 10.5. The van der Waals surface area contributed by atoms with E-state index in [4.69, 9.17) is 10.2 Å². The highest BCUT2D eigenvalue weighted by atomic mass is 16.3. The molecule has 0 aliphatic carbocycles. The molecule has 1 aliphatic rings. The molecule has 1 saturated heterocycles. The maximum Gasteiger partial charge on any atom is 0.289 e. The summed E-state index contributed by atoms with van der Waals surface area (Å²) >= 11 is 0. The van der Waals surface area contributed by atoms with E-state index in [2.05, 4.69) is 0 Å². The van der Waals surface area contributed by atoms with Crippen LogP contribution < -0.4 is 5.73 Å². The predicted molar refractivity (Wildman–Crippen MR) is 71.8 cm³/mol. The van der Waals surface area contributed by atoms with Gasteiger partial charge in [0.05, 0.1) is 6.10 Å². The number of piperidine rings is 1. The third-order valence-electron chi connectivity index (χ3n) is 3.43. The number of aliphatic hydroxyl groups excluding tert-OH is 1. The number of aliphatic hydroxyl groups is 1. The van der Waals surface area contributed by atoms with E-state index >= 15 is 0 Å². The first-order chi connectivity index (χ1) is 9.13. The van der Waals surface area contributed by atoms with E-state index < -0.39 is 6.10 Å². The molecule has 2 aromatic rings. The van der Waals surface area contributed by atoms with E-state index in [0.717, 1.165) is 18.2 Å². The van der Waals surface area contributed by atoms with Gasteiger partial charge in [0, 0.05) is 24.2 Å². The quantitative estimate of drug-likeness (QED) is 0.763. The molecular weight excluding hydrogens is 244 g/mol. The number of carbonyl (C=O) groups excluding carboxylic acids is 1. The van der Waals surface area contributed by atoms with Crippen LogP contribution >= 0.6 is 0 Å². The average Bonchev–Trinajstić information content (AvgIpc) is 2.80.